The van der Waals surface area contributed by atoms with Crippen LogP contribution in [-0.2, 0) is 4.79 Å². The Morgan fingerprint density at radius 2 is 1.90 bits per heavy atom. The standard InChI is InChI=1S/C14H16F2N2O3/c1-14(12(19)20)4-6-18(7-5-14)13(21)17-11-8-9(15)2-3-10(11)16/h2-3,8H,4-7H2,1H3,(H,17,21)(H,19,20). The van der Waals surface area contributed by atoms with E-state index < -0.39 is 29.0 Å². The van der Waals surface area contributed by atoms with Crippen molar-refractivity contribution in [1.29, 1.82) is 0 Å². The van der Waals surface area contributed by atoms with Crippen LogP contribution in [0.3, 0.4) is 0 Å². The monoisotopic (exact) mass is 298 g/mol. The molecule has 1 aliphatic rings. The van der Waals surface area contributed by atoms with Gasteiger partial charge < -0.3 is 15.3 Å². The van der Waals surface area contributed by atoms with Gasteiger partial charge >= 0.3 is 12.0 Å². The average Bonchev–Trinajstić information content (AvgIpc) is 2.43. The van der Waals surface area contributed by atoms with Gasteiger partial charge in [0.15, 0.2) is 0 Å². The molecule has 1 aromatic rings. The summed E-state index contributed by atoms with van der Waals surface area (Å²) < 4.78 is 26.5. The summed E-state index contributed by atoms with van der Waals surface area (Å²) in [4.78, 5) is 24.5. The van der Waals surface area contributed by atoms with E-state index in [1.807, 2.05) is 0 Å². The summed E-state index contributed by atoms with van der Waals surface area (Å²) in [5, 5.41) is 11.4. The van der Waals surface area contributed by atoms with Crippen molar-refractivity contribution in [3.63, 3.8) is 0 Å². The number of urea groups is 1. The van der Waals surface area contributed by atoms with E-state index in [4.69, 9.17) is 5.11 Å². The maximum Gasteiger partial charge on any atom is 0.321 e. The molecule has 21 heavy (non-hydrogen) atoms. The molecule has 1 saturated heterocycles. The van der Waals surface area contributed by atoms with Crippen LogP contribution in [0.15, 0.2) is 18.2 Å². The summed E-state index contributed by atoms with van der Waals surface area (Å²) in [5.74, 6) is -2.26. The number of likely N-dealkylation sites (tertiary alicyclic amines) is 1. The summed E-state index contributed by atoms with van der Waals surface area (Å²) in [6.45, 7) is 2.15. The number of rotatable bonds is 2. The molecule has 114 valence electrons. The van der Waals surface area contributed by atoms with E-state index in [1.54, 1.807) is 6.92 Å². The zero-order valence-corrected chi connectivity index (χ0v) is 11.5. The Hall–Kier alpha value is -2.18. The van der Waals surface area contributed by atoms with Gasteiger partial charge in [0.1, 0.15) is 11.6 Å². The summed E-state index contributed by atoms with van der Waals surface area (Å²) in [6.07, 6.45) is 0.642. The third-order valence-corrected chi connectivity index (χ3v) is 3.84. The molecule has 0 atom stereocenters. The molecule has 7 heteroatoms. The molecule has 5 nitrogen and oxygen atoms in total. The highest BCUT2D eigenvalue weighted by Crippen LogP contribution is 2.31. The smallest absolute Gasteiger partial charge is 0.321 e. The first-order valence-corrected chi connectivity index (χ1v) is 6.56. The van der Waals surface area contributed by atoms with Crippen LogP contribution in [0.25, 0.3) is 0 Å². The Bertz CT molecular complexity index is 569. The molecule has 1 aliphatic heterocycles. The maximum absolute atomic E-state index is 13.4. The maximum atomic E-state index is 13.4. The number of nitrogens with one attached hydrogen (secondary N) is 1. The lowest BCUT2D eigenvalue weighted by molar-refractivity contribution is -0.150. The van der Waals surface area contributed by atoms with Crippen molar-refractivity contribution in [3.8, 4) is 0 Å². The van der Waals surface area contributed by atoms with Gasteiger partial charge in [-0.25, -0.2) is 13.6 Å². The predicted octanol–water partition coefficient (Wildman–Crippen LogP) is 2.68. The lowest BCUT2D eigenvalue weighted by Crippen LogP contribution is -2.46. The molecule has 0 aliphatic carbocycles. The first kappa shape index (κ1) is 15.2. The van der Waals surface area contributed by atoms with Gasteiger partial charge in [0.2, 0.25) is 0 Å². The Morgan fingerprint density at radius 1 is 1.29 bits per heavy atom. The van der Waals surface area contributed by atoms with Gasteiger partial charge in [-0.1, -0.05) is 0 Å². The summed E-state index contributed by atoms with van der Waals surface area (Å²) in [7, 11) is 0. The lowest BCUT2D eigenvalue weighted by Gasteiger charge is -2.36. The normalized spacial score (nSPS) is 17.4. The Labute approximate surface area is 120 Å². The van der Waals surface area contributed by atoms with E-state index >= 15 is 0 Å². The second-order valence-electron chi connectivity index (χ2n) is 5.41. The van der Waals surface area contributed by atoms with Crippen LogP contribution >= 0.6 is 0 Å². The predicted molar refractivity (Wildman–Crippen MR) is 71.9 cm³/mol. The minimum Gasteiger partial charge on any atom is -0.481 e. The van der Waals surface area contributed by atoms with E-state index in [2.05, 4.69) is 5.32 Å². The fraction of sp³-hybridized carbons (Fsp3) is 0.429. The van der Waals surface area contributed by atoms with Crippen molar-refractivity contribution < 1.29 is 23.5 Å². The molecule has 0 bridgehead atoms. The number of anilines is 1. The van der Waals surface area contributed by atoms with Crippen LogP contribution in [0.2, 0.25) is 0 Å². The second kappa shape index (κ2) is 5.67. The molecule has 2 rings (SSSR count). The van der Waals surface area contributed by atoms with Crippen LogP contribution in [0.5, 0.6) is 0 Å². The van der Waals surface area contributed by atoms with Crippen LogP contribution < -0.4 is 5.32 Å². The number of halogens is 2. The number of carboxylic acids is 1. The molecule has 0 aromatic heterocycles. The number of amides is 2. The van der Waals surface area contributed by atoms with Crippen molar-refractivity contribution in [2.45, 2.75) is 19.8 Å². The van der Waals surface area contributed by atoms with E-state index in [0.29, 0.717) is 12.8 Å². The number of carbonyl (C=O) groups excluding carboxylic acids is 1. The summed E-state index contributed by atoms with van der Waals surface area (Å²) in [6, 6.07) is 2.23. The van der Waals surface area contributed by atoms with Crippen LogP contribution in [0.4, 0.5) is 19.3 Å². The number of carboxylic acid groups (broad SMARTS) is 1. The molecule has 2 amide bonds. The molecule has 1 aromatic carbocycles. The molecule has 0 radical (unpaired) electrons. The summed E-state index contributed by atoms with van der Waals surface area (Å²) in [5.41, 5.74) is -1.08. The fourth-order valence-corrected chi connectivity index (χ4v) is 2.20. The number of benzene rings is 1. The lowest BCUT2D eigenvalue weighted by atomic mass is 9.80. The number of hydrogen-bond acceptors (Lipinski definition) is 2. The van der Waals surface area contributed by atoms with E-state index in [0.717, 1.165) is 18.2 Å². The third-order valence-electron chi connectivity index (χ3n) is 3.84. The largest absolute Gasteiger partial charge is 0.481 e. The van der Waals surface area contributed by atoms with Crippen molar-refractivity contribution >= 4 is 17.7 Å². The fourth-order valence-electron chi connectivity index (χ4n) is 2.20. The third kappa shape index (κ3) is 3.29. The number of nitrogens with zero attached hydrogens (tertiary/aromatic N) is 1. The first-order chi connectivity index (χ1) is 9.82. The molecular formula is C14H16F2N2O3. The highest BCUT2D eigenvalue weighted by atomic mass is 19.1. The molecule has 0 saturated carbocycles. The van der Waals surface area contributed by atoms with E-state index in [-0.39, 0.29) is 18.8 Å². The van der Waals surface area contributed by atoms with Crippen LogP contribution in [0.1, 0.15) is 19.8 Å². The molecule has 0 spiro atoms. The number of piperidine rings is 1. The number of aliphatic carboxylic acids is 1. The van der Waals surface area contributed by atoms with Crippen LogP contribution in [0, 0.1) is 17.0 Å². The zero-order valence-electron chi connectivity index (χ0n) is 11.5. The van der Waals surface area contributed by atoms with Gasteiger partial charge in [0.25, 0.3) is 0 Å². The zero-order chi connectivity index (χ0) is 15.6. The van der Waals surface area contributed by atoms with Crippen molar-refractivity contribution in [3.05, 3.63) is 29.8 Å². The second-order valence-corrected chi connectivity index (χ2v) is 5.41. The van der Waals surface area contributed by atoms with Gasteiger partial charge in [-0.2, -0.15) is 0 Å². The van der Waals surface area contributed by atoms with Gasteiger partial charge in [0, 0.05) is 19.2 Å². The van der Waals surface area contributed by atoms with E-state index in [9.17, 15) is 18.4 Å². The van der Waals surface area contributed by atoms with E-state index in [1.165, 1.54) is 4.90 Å². The quantitative estimate of drug-likeness (QED) is 0.882. The average molecular weight is 298 g/mol. The van der Waals surface area contributed by atoms with Crippen LogP contribution in [-0.4, -0.2) is 35.1 Å². The number of hydrogen-bond donors (Lipinski definition) is 2. The first-order valence-electron chi connectivity index (χ1n) is 6.56. The van der Waals surface area contributed by atoms with Gasteiger partial charge in [-0.15, -0.1) is 0 Å². The number of carbonyl (C=O) groups is 2. The van der Waals surface area contributed by atoms with Crippen molar-refractivity contribution in [2.24, 2.45) is 5.41 Å². The summed E-state index contributed by atoms with van der Waals surface area (Å²) >= 11 is 0. The Kier molecular flexibility index (Phi) is 4.11. The van der Waals surface area contributed by atoms with Gasteiger partial charge in [-0.3, -0.25) is 4.79 Å². The highest BCUT2D eigenvalue weighted by molar-refractivity contribution is 5.89. The van der Waals surface area contributed by atoms with Crippen molar-refractivity contribution in [1.82, 2.24) is 4.90 Å². The van der Waals surface area contributed by atoms with Gasteiger partial charge in [0.05, 0.1) is 11.1 Å². The van der Waals surface area contributed by atoms with Gasteiger partial charge in [-0.05, 0) is 31.9 Å². The highest BCUT2D eigenvalue weighted by Gasteiger charge is 2.38. The minimum atomic E-state index is -0.890. The topological polar surface area (TPSA) is 69.6 Å². The molecular weight excluding hydrogens is 282 g/mol. The SMILES string of the molecule is CC1(C(=O)O)CCN(C(=O)Nc2cc(F)ccc2F)CC1. The minimum absolute atomic E-state index is 0.230. The Morgan fingerprint density at radius 3 is 2.48 bits per heavy atom. The molecule has 2 N–H and O–H groups in total. The molecule has 1 heterocycles. The molecule has 0 unspecified atom stereocenters. The Balaban J connectivity index is 2.00. The van der Waals surface area contributed by atoms with Crippen molar-refractivity contribution in [2.75, 3.05) is 18.4 Å². The molecule has 1 fully saturated rings.